The average molecular weight is 468 g/mol. The number of carbonyl (C=O) groups excluding carboxylic acids is 3. The van der Waals surface area contributed by atoms with Crippen molar-refractivity contribution in [1.82, 2.24) is 20.6 Å². The van der Waals surface area contributed by atoms with Crippen LogP contribution in [0.1, 0.15) is 45.4 Å². The number of thiophene rings is 1. The van der Waals surface area contributed by atoms with Crippen LogP contribution in [0.25, 0.3) is 10.2 Å². The second-order valence-electron chi connectivity index (χ2n) is 7.94. The molecule has 1 aliphatic heterocycles. The number of nitrogens with zero attached hydrogens (tertiary/aromatic N) is 1. The molecule has 2 aliphatic rings. The van der Waals surface area contributed by atoms with E-state index >= 15 is 0 Å². The summed E-state index contributed by atoms with van der Waals surface area (Å²) in [5, 5.41) is 8.53. The van der Waals surface area contributed by atoms with Gasteiger partial charge < -0.3 is 25.7 Å². The van der Waals surface area contributed by atoms with Gasteiger partial charge in [0.05, 0.1) is 17.0 Å². The zero-order valence-corrected chi connectivity index (χ0v) is 18.6. The second kappa shape index (κ2) is 8.32. The molecule has 33 heavy (non-hydrogen) atoms. The van der Waals surface area contributed by atoms with E-state index in [9.17, 15) is 19.2 Å². The first kappa shape index (κ1) is 21.1. The van der Waals surface area contributed by atoms with Gasteiger partial charge in [-0.3, -0.25) is 19.2 Å². The maximum atomic E-state index is 12.9. The van der Waals surface area contributed by atoms with Crippen molar-refractivity contribution in [2.45, 2.75) is 31.7 Å². The number of aromatic nitrogens is 2. The van der Waals surface area contributed by atoms with Gasteiger partial charge in [0.1, 0.15) is 10.6 Å². The Labute approximate surface area is 191 Å². The molecule has 3 aromatic rings. The zero-order valence-electron chi connectivity index (χ0n) is 17.7. The first-order valence-electron chi connectivity index (χ1n) is 10.6. The van der Waals surface area contributed by atoms with Crippen molar-refractivity contribution >= 4 is 45.0 Å². The largest absolute Gasteiger partial charge is 0.482 e. The molecule has 170 valence electrons. The highest BCUT2D eigenvalue weighted by atomic mass is 32.1. The lowest BCUT2D eigenvalue weighted by molar-refractivity contribution is -0.122. The van der Waals surface area contributed by atoms with Crippen LogP contribution in [0.4, 0.5) is 5.69 Å². The van der Waals surface area contributed by atoms with Crippen molar-refractivity contribution in [3.63, 3.8) is 0 Å². The fourth-order valence-electron chi connectivity index (χ4n) is 4.29. The fourth-order valence-corrected chi connectivity index (χ4v) is 5.57. The van der Waals surface area contributed by atoms with Crippen molar-refractivity contribution < 1.29 is 19.1 Å². The number of ether oxygens (including phenoxy) is 1. The average Bonchev–Trinajstić information content (AvgIpc) is 3.20. The number of aryl methyl sites for hydroxylation is 1. The van der Waals surface area contributed by atoms with Gasteiger partial charge in [0.25, 0.3) is 17.4 Å². The van der Waals surface area contributed by atoms with Gasteiger partial charge in [-0.1, -0.05) is 6.07 Å². The molecular formula is C22H21N5O5S. The van der Waals surface area contributed by atoms with E-state index in [1.54, 1.807) is 25.2 Å². The van der Waals surface area contributed by atoms with E-state index in [0.29, 0.717) is 28.1 Å². The first-order chi connectivity index (χ1) is 15.9. The molecule has 5 rings (SSSR count). The molecule has 2 aromatic heterocycles. The van der Waals surface area contributed by atoms with Crippen LogP contribution in [0.2, 0.25) is 0 Å². The summed E-state index contributed by atoms with van der Waals surface area (Å²) >= 11 is 1.36. The van der Waals surface area contributed by atoms with Crippen molar-refractivity contribution in [2.24, 2.45) is 0 Å². The molecule has 3 amide bonds. The summed E-state index contributed by atoms with van der Waals surface area (Å²) in [7, 11) is 1.58. The molecule has 0 saturated heterocycles. The normalized spacial score (nSPS) is 16.9. The number of carbonyl (C=O) groups is 3. The van der Waals surface area contributed by atoms with Gasteiger partial charge in [0, 0.05) is 18.5 Å². The van der Waals surface area contributed by atoms with E-state index < -0.39 is 11.5 Å². The number of benzene rings is 1. The highest BCUT2D eigenvalue weighted by Gasteiger charge is 2.32. The van der Waals surface area contributed by atoms with Gasteiger partial charge in [-0.2, -0.15) is 0 Å². The smallest absolute Gasteiger partial charge is 0.287 e. The Balaban J connectivity index is 1.39. The Kier molecular flexibility index (Phi) is 5.33. The number of anilines is 1. The van der Waals surface area contributed by atoms with E-state index in [-0.39, 0.29) is 36.7 Å². The number of amides is 3. The Morgan fingerprint density at radius 2 is 2.15 bits per heavy atom. The summed E-state index contributed by atoms with van der Waals surface area (Å²) in [6, 6.07) is 5.22. The van der Waals surface area contributed by atoms with Gasteiger partial charge in [0.15, 0.2) is 6.61 Å². The minimum atomic E-state index is -0.527. The molecular weight excluding hydrogens is 446 g/mol. The van der Waals surface area contributed by atoms with E-state index in [1.807, 2.05) is 0 Å². The van der Waals surface area contributed by atoms with Crippen LogP contribution in [0.15, 0.2) is 23.0 Å². The molecule has 10 nitrogen and oxygen atoms in total. The summed E-state index contributed by atoms with van der Waals surface area (Å²) < 4.78 is 5.33. The lowest BCUT2D eigenvalue weighted by Gasteiger charge is -2.21. The van der Waals surface area contributed by atoms with Crippen LogP contribution in [0.3, 0.4) is 0 Å². The van der Waals surface area contributed by atoms with E-state index in [1.165, 1.54) is 11.3 Å². The fraction of sp³-hybridized carbons (Fsp3) is 0.318. The zero-order chi connectivity index (χ0) is 23.1. The number of hydrogen-bond acceptors (Lipinski definition) is 7. The van der Waals surface area contributed by atoms with E-state index in [2.05, 4.69) is 25.9 Å². The summed E-state index contributed by atoms with van der Waals surface area (Å²) in [4.78, 5) is 57.9. The summed E-state index contributed by atoms with van der Waals surface area (Å²) in [6.07, 6.45) is 2.31. The molecule has 0 fully saturated rings. The van der Waals surface area contributed by atoms with E-state index in [4.69, 9.17) is 4.74 Å². The van der Waals surface area contributed by atoms with Crippen LogP contribution in [-0.4, -0.2) is 41.3 Å². The Morgan fingerprint density at radius 1 is 1.30 bits per heavy atom. The Hall–Kier alpha value is -3.73. The van der Waals surface area contributed by atoms with Crippen LogP contribution in [0.5, 0.6) is 5.75 Å². The third kappa shape index (κ3) is 3.84. The number of H-pyrrole nitrogens is 1. The Bertz CT molecular complexity index is 1360. The number of aromatic amines is 1. The maximum Gasteiger partial charge on any atom is 0.287 e. The van der Waals surface area contributed by atoms with Crippen molar-refractivity contribution in [2.75, 3.05) is 19.0 Å². The molecule has 1 atom stereocenters. The van der Waals surface area contributed by atoms with Crippen molar-refractivity contribution in [1.29, 1.82) is 0 Å². The lowest BCUT2D eigenvalue weighted by atomic mass is 9.85. The highest BCUT2D eigenvalue weighted by molar-refractivity contribution is 7.18. The molecule has 4 N–H and O–H groups in total. The monoisotopic (exact) mass is 467 g/mol. The molecule has 1 aliphatic carbocycles. The third-order valence-corrected chi connectivity index (χ3v) is 6.99. The summed E-state index contributed by atoms with van der Waals surface area (Å²) in [6.45, 7) is 0.143. The van der Waals surface area contributed by atoms with Crippen LogP contribution in [-0.2, 0) is 22.6 Å². The second-order valence-corrected chi connectivity index (χ2v) is 9.03. The predicted octanol–water partition coefficient (Wildman–Crippen LogP) is 1.41. The number of rotatable bonds is 4. The molecule has 0 spiro atoms. The standard InChI is InChI=1S/C22H21N5O5S/c1-23-19(29)11-3-2-4-14-16(11)17-20(30)26-18(27-22(17)33-14)21(31)24-8-10-5-6-13-12(7-10)25-15(28)9-32-13/h5-7,11H,2-4,8-9H2,1H3,(H,23,29)(H,24,31)(H,25,28)(H,26,27,30). The number of fused-ring (bicyclic) bond motifs is 4. The molecule has 0 saturated carbocycles. The maximum absolute atomic E-state index is 12.9. The SMILES string of the molecule is CNC(=O)C1CCCc2sc3nc(C(=O)NCc4ccc5c(c4)NC(=O)CO5)[nH]c(=O)c3c21. The van der Waals surface area contributed by atoms with Gasteiger partial charge in [0.2, 0.25) is 11.7 Å². The van der Waals surface area contributed by atoms with Crippen LogP contribution >= 0.6 is 11.3 Å². The van der Waals surface area contributed by atoms with Crippen molar-refractivity contribution in [3.05, 3.63) is 50.4 Å². The molecule has 1 unspecified atom stereocenters. The minimum Gasteiger partial charge on any atom is -0.482 e. The molecule has 1 aromatic carbocycles. The predicted molar refractivity (Wildman–Crippen MR) is 122 cm³/mol. The molecule has 11 heteroatoms. The van der Waals surface area contributed by atoms with Gasteiger partial charge in [-0.25, -0.2) is 4.98 Å². The first-order valence-corrected chi connectivity index (χ1v) is 11.4. The van der Waals surface area contributed by atoms with Crippen molar-refractivity contribution in [3.8, 4) is 5.75 Å². The number of hydrogen-bond donors (Lipinski definition) is 4. The minimum absolute atomic E-state index is 0.0272. The third-order valence-electron chi connectivity index (χ3n) is 5.83. The van der Waals surface area contributed by atoms with E-state index in [0.717, 1.165) is 28.8 Å². The van der Waals surface area contributed by atoms with Crippen LogP contribution in [0, 0.1) is 0 Å². The molecule has 0 bridgehead atoms. The van der Waals surface area contributed by atoms with Crippen LogP contribution < -0.4 is 26.2 Å². The topological polar surface area (TPSA) is 142 Å². The van der Waals surface area contributed by atoms with Gasteiger partial charge in [-0.15, -0.1) is 11.3 Å². The van der Waals surface area contributed by atoms with Gasteiger partial charge in [-0.05, 0) is 42.5 Å². The molecule has 3 heterocycles. The quantitative estimate of drug-likeness (QED) is 0.457. The Morgan fingerprint density at radius 3 is 2.97 bits per heavy atom. The number of likely N-dealkylation sites (N-methyl/N-ethyl adjacent to an activating group) is 1. The lowest BCUT2D eigenvalue weighted by Crippen LogP contribution is -2.30. The summed E-state index contributed by atoms with van der Waals surface area (Å²) in [5.41, 5.74) is 1.60. The highest BCUT2D eigenvalue weighted by Crippen LogP contribution is 2.40. The number of nitrogens with one attached hydrogen (secondary N) is 4. The van der Waals surface area contributed by atoms with Gasteiger partial charge >= 0.3 is 0 Å². The molecule has 0 radical (unpaired) electrons. The summed E-state index contributed by atoms with van der Waals surface area (Å²) in [5.74, 6) is -0.792.